The molecule has 0 spiro atoms. The molecule has 2 heterocycles. The van der Waals surface area contributed by atoms with E-state index < -0.39 is 10.0 Å². The smallest absolute Gasteiger partial charge is 0.265 e. The Morgan fingerprint density at radius 2 is 1.72 bits per heavy atom. The highest BCUT2D eigenvalue weighted by atomic mass is 32.2. The first-order chi connectivity index (χ1) is 15.3. The van der Waals surface area contributed by atoms with Crippen molar-refractivity contribution in [2.24, 2.45) is 7.05 Å². The summed E-state index contributed by atoms with van der Waals surface area (Å²) in [5.41, 5.74) is 5.85. The quantitative estimate of drug-likeness (QED) is 0.526. The molecule has 0 bridgehead atoms. The van der Waals surface area contributed by atoms with E-state index in [1.165, 1.54) is 22.4 Å². The van der Waals surface area contributed by atoms with E-state index in [4.69, 9.17) is 5.10 Å². The molecule has 7 heteroatoms. The maximum atomic E-state index is 13.6. The molecule has 0 aliphatic carbocycles. The van der Waals surface area contributed by atoms with Crippen LogP contribution in [0.25, 0.3) is 0 Å². The highest BCUT2D eigenvalue weighted by Gasteiger charge is 2.34. The molecule has 32 heavy (non-hydrogen) atoms. The average Bonchev–Trinajstić information content (AvgIpc) is 3.08. The predicted molar refractivity (Wildman–Crippen MR) is 130 cm³/mol. The standard InChI is InChI=1S/C25H32N4O2S/c1-6-14-29(32(30,31)21-11-8-7-9-12-21)25-22-13-10-15-28(24(22)26-27(25)5)23-19(3)16-18(2)17-20(23)4/h7-9,11-12,16-17H,6,10,13-15H2,1-5H3. The third-order valence-electron chi connectivity index (χ3n) is 6.05. The fourth-order valence-corrected chi connectivity index (χ4v) is 6.53. The second-order valence-corrected chi connectivity index (χ2v) is 10.5. The molecular weight excluding hydrogens is 420 g/mol. The van der Waals surface area contributed by atoms with Gasteiger partial charge in [-0.3, -0.25) is 0 Å². The van der Waals surface area contributed by atoms with Gasteiger partial charge in [0.1, 0.15) is 5.82 Å². The van der Waals surface area contributed by atoms with Crippen molar-refractivity contribution in [1.82, 2.24) is 9.78 Å². The van der Waals surface area contributed by atoms with Gasteiger partial charge in [-0.25, -0.2) is 17.4 Å². The van der Waals surface area contributed by atoms with E-state index in [0.29, 0.717) is 23.7 Å². The zero-order valence-corrected chi connectivity index (χ0v) is 20.4. The molecule has 0 saturated heterocycles. The zero-order valence-electron chi connectivity index (χ0n) is 19.6. The van der Waals surface area contributed by atoms with Crippen molar-refractivity contribution in [1.29, 1.82) is 0 Å². The number of aromatic nitrogens is 2. The molecule has 170 valence electrons. The normalized spacial score (nSPS) is 13.8. The number of rotatable bonds is 6. The van der Waals surface area contributed by atoms with Crippen LogP contribution in [0.1, 0.15) is 42.0 Å². The van der Waals surface area contributed by atoms with Gasteiger partial charge in [0.15, 0.2) is 5.82 Å². The van der Waals surface area contributed by atoms with Crippen LogP contribution < -0.4 is 9.21 Å². The third kappa shape index (κ3) is 3.79. The summed E-state index contributed by atoms with van der Waals surface area (Å²) >= 11 is 0. The van der Waals surface area contributed by atoms with Crippen molar-refractivity contribution < 1.29 is 8.42 Å². The van der Waals surface area contributed by atoms with Crippen molar-refractivity contribution >= 4 is 27.3 Å². The summed E-state index contributed by atoms with van der Waals surface area (Å²) in [6.45, 7) is 9.66. The molecule has 0 amide bonds. The Hall–Kier alpha value is -2.80. The van der Waals surface area contributed by atoms with E-state index in [9.17, 15) is 8.42 Å². The summed E-state index contributed by atoms with van der Waals surface area (Å²) in [5.74, 6) is 1.55. The van der Waals surface area contributed by atoms with Gasteiger partial charge in [0.05, 0.1) is 4.90 Å². The third-order valence-corrected chi connectivity index (χ3v) is 7.86. The first-order valence-corrected chi connectivity index (χ1v) is 12.7. The minimum absolute atomic E-state index is 0.307. The summed E-state index contributed by atoms with van der Waals surface area (Å²) < 4.78 is 30.6. The largest absolute Gasteiger partial charge is 0.324 e. The molecule has 0 unspecified atom stereocenters. The van der Waals surface area contributed by atoms with E-state index in [1.807, 2.05) is 20.0 Å². The molecule has 0 saturated carbocycles. The monoisotopic (exact) mass is 452 g/mol. The van der Waals surface area contributed by atoms with Gasteiger partial charge in [0.2, 0.25) is 0 Å². The average molecular weight is 453 g/mol. The molecule has 0 fully saturated rings. The van der Waals surface area contributed by atoms with Crippen LogP contribution in [0.4, 0.5) is 17.3 Å². The first-order valence-electron chi connectivity index (χ1n) is 11.2. The van der Waals surface area contributed by atoms with Crippen LogP contribution in [0, 0.1) is 20.8 Å². The van der Waals surface area contributed by atoms with Crippen LogP contribution in [0.3, 0.4) is 0 Å². The van der Waals surface area contributed by atoms with Gasteiger partial charge in [-0.1, -0.05) is 42.8 Å². The molecule has 0 N–H and O–H groups in total. The van der Waals surface area contributed by atoms with Gasteiger partial charge < -0.3 is 4.90 Å². The lowest BCUT2D eigenvalue weighted by Crippen LogP contribution is -2.34. The van der Waals surface area contributed by atoms with Crippen molar-refractivity contribution in [3.63, 3.8) is 0 Å². The Morgan fingerprint density at radius 3 is 2.34 bits per heavy atom. The van der Waals surface area contributed by atoms with Crippen molar-refractivity contribution in [2.45, 2.75) is 51.9 Å². The lowest BCUT2D eigenvalue weighted by molar-refractivity contribution is 0.586. The molecule has 1 aromatic heterocycles. The van der Waals surface area contributed by atoms with Gasteiger partial charge in [-0.05, 0) is 63.3 Å². The topological polar surface area (TPSA) is 58.4 Å². The van der Waals surface area contributed by atoms with Gasteiger partial charge in [0.25, 0.3) is 10.0 Å². The van der Waals surface area contributed by atoms with E-state index in [-0.39, 0.29) is 0 Å². The fourth-order valence-electron chi connectivity index (χ4n) is 4.90. The van der Waals surface area contributed by atoms with Crippen molar-refractivity contribution in [3.8, 4) is 0 Å². The lowest BCUT2D eigenvalue weighted by atomic mass is 10.0. The lowest BCUT2D eigenvalue weighted by Gasteiger charge is -2.32. The first kappa shape index (κ1) is 22.4. The number of hydrogen-bond donors (Lipinski definition) is 0. The minimum atomic E-state index is -3.69. The fraction of sp³-hybridized carbons (Fsp3) is 0.400. The number of nitrogens with zero attached hydrogens (tertiary/aromatic N) is 4. The number of benzene rings is 2. The molecule has 0 atom stereocenters. The molecule has 4 rings (SSSR count). The van der Waals surface area contributed by atoms with Gasteiger partial charge >= 0.3 is 0 Å². The van der Waals surface area contributed by atoms with Crippen LogP contribution in [-0.4, -0.2) is 31.3 Å². The Bertz CT molecular complexity index is 1210. The summed E-state index contributed by atoms with van der Waals surface area (Å²) in [6.07, 6.45) is 2.47. The number of aryl methyl sites for hydroxylation is 4. The van der Waals surface area contributed by atoms with Crippen LogP contribution in [0.5, 0.6) is 0 Å². The predicted octanol–water partition coefficient (Wildman–Crippen LogP) is 5.03. The van der Waals surface area contributed by atoms with Gasteiger partial charge in [-0.15, -0.1) is 0 Å². The highest BCUT2D eigenvalue weighted by molar-refractivity contribution is 7.92. The second-order valence-electron chi connectivity index (χ2n) is 8.64. The number of hydrogen-bond acceptors (Lipinski definition) is 4. The van der Waals surface area contributed by atoms with E-state index >= 15 is 0 Å². The Kier molecular flexibility index (Phi) is 6.03. The molecule has 6 nitrogen and oxygen atoms in total. The van der Waals surface area contributed by atoms with Gasteiger partial charge in [-0.2, -0.15) is 5.10 Å². The highest BCUT2D eigenvalue weighted by Crippen LogP contribution is 2.41. The zero-order chi connectivity index (χ0) is 23.0. The van der Waals surface area contributed by atoms with Crippen LogP contribution >= 0.6 is 0 Å². The number of anilines is 3. The van der Waals surface area contributed by atoms with Crippen LogP contribution in [0.15, 0.2) is 47.4 Å². The van der Waals surface area contributed by atoms with Crippen molar-refractivity contribution in [2.75, 3.05) is 22.3 Å². The molecular formula is C25H32N4O2S. The maximum Gasteiger partial charge on any atom is 0.265 e. The van der Waals surface area contributed by atoms with Crippen molar-refractivity contribution in [3.05, 3.63) is 64.7 Å². The number of sulfonamides is 1. The van der Waals surface area contributed by atoms with Crippen LogP contribution in [0.2, 0.25) is 0 Å². The molecule has 3 aromatic rings. The Balaban J connectivity index is 1.86. The van der Waals surface area contributed by atoms with E-state index in [2.05, 4.69) is 37.8 Å². The summed E-state index contributed by atoms with van der Waals surface area (Å²) in [6, 6.07) is 13.1. The molecule has 2 aromatic carbocycles. The summed E-state index contributed by atoms with van der Waals surface area (Å²) in [7, 11) is -1.84. The Labute approximate surface area is 191 Å². The molecule has 1 aliphatic heterocycles. The molecule has 1 aliphatic rings. The summed E-state index contributed by atoms with van der Waals surface area (Å²) in [4.78, 5) is 2.58. The SMILES string of the molecule is CCCN(c1c2c(nn1C)N(c1c(C)cc(C)cc1C)CCC2)S(=O)(=O)c1ccccc1. The summed E-state index contributed by atoms with van der Waals surface area (Å²) in [5, 5.41) is 4.86. The maximum absolute atomic E-state index is 13.6. The van der Waals surface area contributed by atoms with E-state index in [1.54, 1.807) is 33.3 Å². The minimum Gasteiger partial charge on any atom is -0.324 e. The van der Waals surface area contributed by atoms with E-state index in [0.717, 1.165) is 30.8 Å². The van der Waals surface area contributed by atoms with Gasteiger partial charge in [0, 0.05) is 31.4 Å². The molecule has 0 radical (unpaired) electrons. The Morgan fingerprint density at radius 1 is 1.06 bits per heavy atom. The second kappa shape index (κ2) is 8.62. The van der Waals surface area contributed by atoms with Crippen LogP contribution in [-0.2, 0) is 23.5 Å². The number of fused-ring (bicyclic) bond motifs is 1.